The van der Waals surface area contributed by atoms with Gasteiger partial charge in [0.05, 0.1) is 14.2 Å². The molecule has 3 aliphatic rings. The maximum atomic E-state index is 13.6. The van der Waals surface area contributed by atoms with Crippen molar-refractivity contribution in [3.05, 3.63) is 28.7 Å². The van der Waals surface area contributed by atoms with Crippen LogP contribution in [-0.4, -0.2) is 48.1 Å². The number of fused-ring (bicyclic) bond motifs is 2. The van der Waals surface area contributed by atoms with Crippen LogP contribution >= 0.6 is 11.8 Å². The molecule has 0 N–H and O–H groups in total. The summed E-state index contributed by atoms with van der Waals surface area (Å²) in [5.74, 6) is 0.0532. The molecule has 0 saturated heterocycles. The number of anilines is 1. The third-order valence-corrected chi connectivity index (χ3v) is 7.33. The molecular weight excluding hydrogens is 416 g/mol. The predicted octanol–water partition coefficient (Wildman–Crippen LogP) is 4.00. The third kappa shape index (κ3) is 3.56. The molecule has 0 saturated carbocycles. The van der Waals surface area contributed by atoms with Gasteiger partial charge in [-0.25, -0.2) is 4.79 Å². The van der Waals surface area contributed by atoms with Crippen LogP contribution in [0, 0.1) is 11.3 Å². The van der Waals surface area contributed by atoms with E-state index in [4.69, 9.17) is 9.47 Å². The molecule has 1 unspecified atom stereocenters. The van der Waals surface area contributed by atoms with E-state index in [2.05, 4.69) is 0 Å². The van der Waals surface area contributed by atoms with Crippen molar-refractivity contribution >= 4 is 40.2 Å². The van der Waals surface area contributed by atoms with E-state index < -0.39 is 17.4 Å². The normalized spacial score (nSPS) is 20.9. The van der Waals surface area contributed by atoms with Gasteiger partial charge in [-0.1, -0.05) is 32.5 Å². The van der Waals surface area contributed by atoms with Crippen LogP contribution in [0.5, 0.6) is 11.5 Å². The Kier molecular flexibility index (Phi) is 5.45. The van der Waals surface area contributed by atoms with Crippen LogP contribution in [0.1, 0.15) is 40.0 Å². The smallest absolute Gasteiger partial charge is 0.497 e. The molecule has 1 atom stereocenters. The molecule has 2 heterocycles. The molecular formula is C23H27N2O5S+. The van der Waals surface area contributed by atoms with Gasteiger partial charge in [0.2, 0.25) is 0 Å². The quantitative estimate of drug-likeness (QED) is 0.641. The molecule has 3 amide bonds. The minimum absolute atomic E-state index is 0.0595. The minimum Gasteiger partial charge on any atom is -0.497 e. The molecule has 0 radical (unpaired) electrons. The topological polar surface area (TPSA) is 75.9 Å². The first kappa shape index (κ1) is 21.6. The Morgan fingerprint density at radius 1 is 1.19 bits per heavy atom. The van der Waals surface area contributed by atoms with E-state index in [1.807, 2.05) is 20.8 Å². The van der Waals surface area contributed by atoms with Gasteiger partial charge < -0.3 is 9.47 Å². The lowest BCUT2D eigenvalue weighted by atomic mass is 9.90. The summed E-state index contributed by atoms with van der Waals surface area (Å²) in [5.41, 5.74) is 0.839. The second-order valence-electron chi connectivity index (χ2n) is 8.93. The highest BCUT2D eigenvalue weighted by molar-refractivity contribution is 8.17. The van der Waals surface area contributed by atoms with Gasteiger partial charge in [0.25, 0.3) is 0 Å². The molecule has 1 aromatic carbocycles. The Hall–Kier alpha value is -2.61. The summed E-state index contributed by atoms with van der Waals surface area (Å²) in [6, 6.07) is 4.45. The zero-order chi connectivity index (χ0) is 22.5. The maximum Gasteiger partial charge on any atom is 0.507 e. The summed E-state index contributed by atoms with van der Waals surface area (Å²) >= 11 is 1.50. The number of rotatable bonds is 5. The van der Waals surface area contributed by atoms with Crippen LogP contribution in [0.4, 0.5) is 10.5 Å². The first-order valence-corrected chi connectivity index (χ1v) is 11.2. The number of Topliss-reactive ketones (excluding diaryl/α,β-unsaturated/α-hetero) is 1. The monoisotopic (exact) mass is 443 g/mol. The van der Waals surface area contributed by atoms with E-state index in [0.29, 0.717) is 22.2 Å². The number of urea groups is 1. The fourth-order valence-electron chi connectivity index (χ4n) is 4.12. The first-order chi connectivity index (χ1) is 14.7. The van der Waals surface area contributed by atoms with Crippen LogP contribution in [0.2, 0.25) is 0 Å². The van der Waals surface area contributed by atoms with Crippen molar-refractivity contribution in [1.82, 2.24) is 0 Å². The molecule has 1 aliphatic carbocycles. The van der Waals surface area contributed by atoms with Gasteiger partial charge in [0.15, 0.2) is 34.7 Å². The highest BCUT2D eigenvalue weighted by Gasteiger charge is 2.56. The number of benzene rings is 1. The van der Waals surface area contributed by atoms with Crippen LogP contribution in [0.25, 0.3) is 0 Å². The van der Waals surface area contributed by atoms with Crippen molar-refractivity contribution < 1.29 is 28.4 Å². The summed E-state index contributed by atoms with van der Waals surface area (Å²) in [7, 11) is 3.02. The van der Waals surface area contributed by atoms with Crippen LogP contribution in [-0.2, 0) is 9.59 Å². The number of methoxy groups -OCH3 is 2. The van der Waals surface area contributed by atoms with E-state index in [0.717, 1.165) is 34.6 Å². The van der Waals surface area contributed by atoms with Crippen molar-refractivity contribution in [1.29, 1.82) is 0 Å². The number of ketones is 1. The number of thioether (sulfide) groups is 1. The Labute approximate surface area is 186 Å². The van der Waals surface area contributed by atoms with E-state index >= 15 is 0 Å². The predicted molar refractivity (Wildman–Crippen MR) is 119 cm³/mol. The SMILES string of the molecule is COc1ccc(N2C(=O)C3C4=C(CCC4)SC3=[N+](CC(=O)C(C)(C)C)C2=O)c(OC)c1. The summed E-state index contributed by atoms with van der Waals surface area (Å²) in [6.45, 7) is 5.44. The Morgan fingerprint density at radius 3 is 2.58 bits per heavy atom. The molecule has 0 aromatic heterocycles. The van der Waals surface area contributed by atoms with Crippen LogP contribution < -0.4 is 14.4 Å². The lowest BCUT2D eigenvalue weighted by molar-refractivity contribution is -0.415. The number of nitrogens with zero attached hydrogens (tertiary/aromatic N) is 2. The van der Waals surface area contributed by atoms with E-state index in [1.54, 1.807) is 18.2 Å². The van der Waals surface area contributed by atoms with Crippen molar-refractivity contribution in [3.63, 3.8) is 0 Å². The van der Waals surface area contributed by atoms with Crippen LogP contribution in [0.3, 0.4) is 0 Å². The van der Waals surface area contributed by atoms with Crippen LogP contribution in [0.15, 0.2) is 28.7 Å². The average molecular weight is 444 g/mol. The largest absolute Gasteiger partial charge is 0.507 e. The number of allylic oxidation sites excluding steroid dienone is 1. The van der Waals surface area contributed by atoms with Gasteiger partial charge in [-0.15, -0.1) is 4.90 Å². The third-order valence-electron chi connectivity index (χ3n) is 5.95. The minimum atomic E-state index is -0.597. The second-order valence-corrected chi connectivity index (χ2v) is 10.0. The number of amides is 3. The summed E-state index contributed by atoms with van der Waals surface area (Å²) in [5, 5.41) is 0.668. The average Bonchev–Trinajstić information content (AvgIpc) is 3.31. The van der Waals surface area contributed by atoms with E-state index in [-0.39, 0.29) is 18.2 Å². The van der Waals surface area contributed by atoms with Crippen molar-refractivity contribution in [2.24, 2.45) is 11.3 Å². The number of carbonyl (C=O) groups excluding carboxylic acids is 3. The molecule has 0 spiro atoms. The number of imide groups is 1. The first-order valence-electron chi connectivity index (χ1n) is 10.3. The lowest BCUT2D eigenvalue weighted by Crippen LogP contribution is -2.55. The zero-order valence-corrected chi connectivity index (χ0v) is 19.3. The summed E-state index contributed by atoms with van der Waals surface area (Å²) in [6.07, 6.45) is 2.76. The van der Waals surface area contributed by atoms with Crippen molar-refractivity contribution in [3.8, 4) is 11.5 Å². The van der Waals surface area contributed by atoms with Crippen molar-refractivity contribution in [2.75, 3.05) is 25.7 Å². The highest BCUT2D eigenvalue weighted by Crippen LogP contribution is 2.50. The van der Waals surface area contributed by atoms with Gasteiger partial charge in [-0.2, -0.15) is 9.37 Å². The van der Waals surface area contributed by atoms with Gasteiger partial charge in [0, 0.05) is 11.5 Å². The highest BCUT2D eigenvalue weighted by atomic mass is 32.2. The van der Waals surface area contributed by atoms with Gasteiger partial charge >= 0.3 is 11.9 Å². The molecule has 164 valence electrons. The van der Waals surface area contributed by atoms with Crippen molar-refractivity contribution in [2.45, 2.75) is 40.0 Å². The van der Waals surface area contributed by atoms with E-state index in [1.165, 1.54) is 30.6 Å². The number of ether oxygens (including phenoxy) is 2. The molecule has 0 bridgehead atoms. The second kappa shape index (κ2) is 7.82. The zero-order valence-electron chi connectivity index (χ0n) is 18.5. The maximum absolute atomic E-state index is 13.6. The fraction of sp³-hybridized carbons (Fsp3) is 0.478. The molecule has 0 fully saturated rings. The summed E-state index contributed by atoms with van der Waals surface area (Å²) < 4.78 is 12.2. The number of hydrogen-bond acceptors (Lipinski definition) is 6. The van der Waals surface area contributed by atoms with E-state index in [9.17, 15) is 14.4 Å². The fourth-order valence-corrected chi connectivity index (χ4v) is 5.58. The molecule has 4 rings (SSSR count). The Balaban J connectivity index is 1.84. The van der Waals surface area contributed by atoms with Gasteiger partial charge in [-0.05, 0) is 41.9 Å². The molecule has 8 heteroatoms. The van der Waals surface area contributed by atoms with Gasteiger partial charge in [0.1, 0.15) is 5.75 Å². The lowest BCUT2D eigenvalue weighted by Gasteiger charge is -2.27. The Morgan fingerprint density at radius 2 is 1.94 bits per heavy atom. The molecule has 1 aromatic rings. The molecule has 2 aliphatic heterocycles. The molecule has 7 nitrogen and oxygen atoms in total. The summed E-state index contributed by atoms with van der Waals surface area (Å²) in [4.78, 5) is 42.5. The molecule has 31 heavy (non-hydrogen) atoms. The van der Waals surface area contributed by atoms with Gasteiger partial charge in [-0.3, -0.25) is 4.79 Å². The number of hydrogen-bond donors (Lipinski definition) is 0. The standard InChI is InChI=1S/C23H27N2O5S/c1-23(2,3)18(26)12-24-21-19(14-7-6-8-17(14)31-21)20(27)25(22(24)28)15-10-9-13(29-4)11-16(15)30-5/h9-11,19H,6-8,12H2,1-5H3/q+1. The number of carbonyl (C=O) groups is 3. The Bertz CT molecular complexity index is 1050.